The lowest BCUT2D eigenvalue weighted by molar-refractivity contribution is -0.142. The quantitative estimate of drug-likeness (QED) is 0.0276. The molecule has 0 radical (unpaired) electrons. The number of phenols is 1. The van der Waals surface area contributed by atoms with Crippen molar-refractivity contribution in [3.63, 3.8) is 0 Å². The van der Waals surface area contributed by atoms with E-state index in [2.05, 4.69) is 53.2 Å². The number of aliphatic carboxylic acids is 2. The summed E-state index contributed by atoms with van der Waals surface area (Å²) in [5.74, 6) is -14.7. The smallest absolute Gasteiger partial charge is 0.325 e. The van der Waals surface area contributed by atoms with Crippen molar-refractivity contribution in [2.45, 2.75) is 164 Å². The maximum absolute atomic E-state index is 14.8. The predicted octanol–water partition coefficient (Wildman–Crippen LogP) is -5.51. The Morgan fingerprint density at radius 3 is 1.41 bits per heavy atom. The van der Waals surface area contributed by atoms with Crippen molar-refractivity contribution in [3.8, 4) is 5.75 Å². The molecular formula is C57H87N13O19S. The highest BCUT2D eigenvalue weighted by Gasteiger charge is 2.38. The number of nitrogens with two attached hydrogens (primary N) is 3. The molecule has 0 aliphatic carbocycles. The Labute approximate surface area is 523 Å². The van der Waals surface area contributed by atoms with Crippen LogP contribution in [0.15, 0.2) is 54.6 Å². The van der Waals surface area contributed by atoms with E-state index in [1.54, 1.807) is 50.4 Å². The van der Waals surface area contributed by atoms with E-state index in [1.165, 1.54) is 36.0 Å². The van der Waals surface area contributed by atoms with Crippen LogP contribution in [-0.4, -0.2) is 212 Å². The highest BCUT2D eigenvalue weighted by Crippen LogP contribution is 2.15. The van der Waals surface area contributed by atoms with Crippen molar-refractivity contribution in [2.75, 3.05) is 31.8 Å². The molecule has 0 spiro atoms. The molecular weight excluding hydrogens is 1200 g/mol. The molecule has 2 aromatic rings. The summed E-state index contributed by atoms with van der Waals surface area (Å²) in [5.41, 5.74) is 17.7. The summed E-state index contributed by atoms with van der Waals surface area (Å²) in [4.78, 5) is 173. The van der Waals surface area contributed by atoms with Crippen LogP contribution in [0.3, 0.4) is 0 Å². The molecule has 0 saturated heterocycles. The Morgan fingerprint density at radius 2 is 0.944 bits per heavy atom. The molecule has 0 aromatic heterocycles. The number of nitrogens with one attached hydrogen (secondary N) is 10. The van der Waals surface area contributed by atoms with Gasteiger partial charge >= 0.3 is 11.9 Å². The van der Waals surface area contributed by atoms with Gasteiger partial charge in [0.25, 0.3) is 0 Å². The third kappa shape index (κ3) is 27.5. The van der Waals surface area contributed by atoms with Gasteiger partial charge in [-0.1, -0.05) is 62.7 Å². The number of hydrogen-bond acceptors (Lipinski definition) is 20. The highest BCUT2D eigenvalue weighted by atomic mass is 32.2. The molecule has 0 heterocycles. The number of primary amides is 1. The molecule has 11 amide bonds. The maximum atomic E-state index is 14.8. The molecule has 90 heavy (non-hydrogen) atoms. The van der Waals surface area contributed by atoms with Gasteiger partial charge in [0.15, 0.2) is 0 Å². The second-order valence-corrected chi connectivity index (χ2v) is 22.3. The van der Waals surface area contributed by atoms with E-state index in [4.69, 9.17) is 22.3 Å². The summed E-state index contributed by atoms with van der Waals surface area (Å²) in [6.45, 7) is 3.58. The fraction of sp³-hybridized carbons (Fsp3) is 0.561. The lowest BCUT2D eigenvalue weighted by Gasteiger charge is -2.29. The monoisotopic (exact) mass is 1290 g/mol. The molecule has 32 nitrogen and oxygen atoms in total. The Kier molecular flexibility index (Phi) is 34.7. The van der Waals surface area contributed by atoms with Gasteiger partial charge in [-0.15, -0.1) is 0 Å². The van der Waals surface area contributed by atoms with Gasteiger partial charge in [0.05, 0.1) is 31.8 Å². The standard InChI is InChI=1S/C57H87N13O19S/c1-6-29(2)45(69-47(78)35(59)26-44(76)77)55(86)68-42(28-72)54(85)70-46(31(4)73)56(87)64-36(14-10-11-22-58)48(79)65-40(25-33-15-17-34(74)18-16-33)52(83)66-39(24-32-12-8-7-9-13-32)51(82)62-37(19-20-43(60)75)49(80)63-38(21-23-90-5)50(81)67-41(27-71)53(84)61-30(3)57(88)89/h7-9,12-13,15-18,29-31,35-42,45-46,71-74H,6,10-11,14,19-28,58-59H2,1-5H3,(H2,60,75)(H,61,84)(H,62,82)(H,63,80)(H,64,87)(H,65,79)(H,66,83)(H,67,81)(H,68,86)(H,69,78)(H,70,85)(H,76,77)(H,88,89)/t29-,30-,31+,35-,36-,37-,38-,39-,40-,41-,42-,45-,46-/m0/s1. The maximum Gasteiger partial charge on any atom is 0.325 e. The van der Waals surface area contributed by atoms with Crippen LogP contribution in [0, 0.1) is 5.92 Å². The van der Waals surface area contributed by atoms with Crippen LogP contribution >= 0.6 is 11.8 Å². The van der Waals surface area contributed by atoms with Crippen LogP contribution < -0.4 is 70.4 Å². The minimum Gasteiger partial charge on any atom is -0.508 e. The number of carboxylic acid groups (broad SMARTS) is 2. The second kappa shape index (κ2) is 40.2. The zero-order valence-corrected chi connectivity index (χ0v) is 51.5. The first-order valence-electron chi connectivity index (χ1n) is 28.9. The number of phenolic OH excluding ortho intramolecular Hbond substituents is 1. The number of thioether (sulfide) groups is 1. The van der Waals surface area contributed by atoms with Crippen molar-refractivity contribution in [2.24, 2.45) is 23.1 Å². The van der Waals surface area contributed by atoms with Crippen molar-refractivity contribution in [3.05, 3.63) is 65.7 Å². The minimum atomic E-state index is -1.89. The zero-order chi connectivity index (χ0) is 67.8. The number of hydrogen-bond donors (Lipinski definition) is 19. The van der Waals surface area contributed by atoms with E-state index >= 15 is 0 Å². The first-order chi connectivity index (χ1) is 42.5. The van der Waals surface area contributed by atoms with Gasteiger partial charge in [0.1, 0.15) is 66.2 Å². The summed E-state index contributed by atoms with van der Waals surface area (Å²) in [5, 5.41) is 83.5. The normalized spacial score (nSPS) is 15.4. The van der Waals surface area contributed by atoms with E-state index in [1.807, 2.05) is 0 Å². The van der Waals surface area contributed by atoms with E-state index in [9.17, 15) is 87.9 Å². The van der Waals surface area contributed by atoms with E-state index in [0.29, 0.717) is 17.5 Å². The number of carboxylic acids is 2. The summed E-state index contributed by atoms with van der Waals surface area (Å²) >= 11 is 1.27. The van der Waals surface area contributed by atoms with Crippen LogP contribution in [0.5, 0.6) is 5.75 Å². The Bertz CT molecular complexity index is 2750. The molecule has 2 aromatic carbocycles. The van der Waals surface area contributed by atoms with E-state index in [-0.39, 0.29) is 56.6 Å². The van der Waals surface area contributed by atoms with Gasteiger partial charge in [-0.05, 0) is 93.7 Å². The van der Waals surface area contributed by atoms with Crippen molar-refractivity contribution in [1.82, 2.24) is 53.2 Å². The summed E-state index contributed by atoms with van der Waals surface area (Å²) in [7, 11) is 0. The SMILES string of the molecule is CC[C@H](C)[C@H](NC(=O)[C@@H](N)CC(=O)O)C(=O)N[C@@H](CO)C(=O)N[C@H](C(=O)N[C@@H](CCCCN)C(=O)N[C@@H](Cc1ccc(O)cc1)C(=O)N[C@@H](Cc1ccccc1)C(=O)N[C@@H](CCC(N)=O)C(=O)N[C@@H](CCSC)C(=O)N[C@@H](CO)C(=O)N[C@@H](C)C(=O)O)[C@@H](C)O. The molecule has 0 fully saturated rings. The summed E-state index contributed by atoms with van der Waals surface area (Å²) < 4.78 is 0. The topological polar surface area (TPSA) is 542 Å². The number of benzene rings is 2. The average Bonchev–Trinajstić information content (AvgIpc) is 3.42. The number of unbranched alkanes of at least 4 members (excludes halogenated alkanes) is 1. The first-order valence-corrected chi connectivity index (χ1v) is 30.3. The summed E-state index contributed by atoms with van der Waals surface area (Å²) in [6.07, 6.45) is -1.79. The van der Waals surface area contributed by atoms with Gasteiger partial charge in [-0.25, -0.2) is 0 Å². The fourth-order valence-corrected chi connectivity index (χ4v) is 8.98. The number of rotatable bonds is 42. The van der Waals surface area contributed by atoms with Gasteiger partial charge in [-0.2, -0.15) is 11.8 Å². The Morgan fingerprint density at radius 1 is 0.522 bits per heavy atom. The highest BCUT2D eigenvalue weighted by molar-refractivity contribution is 7.98. The average molecular weight is 1290 g/mol. The molecule has 33 heteroatoms. The molecule has 0 aliphatic heterocycles. The van der Waals surface area contributed by atoms with Crippen LogP contribution in [0.1, 0.15) is 90.2 Å². The second-order valence-electron chi connectivity index (χ2n) is 21.3. The van der Waals surface area contributed by atoms with E-state index in [0.717, 1.165) is 13.8 Å². The van der Waals surface area contributed by atoms with Crippen LogP contribution in [-0.2, 0) is 75.2 Å². The molecule has 0 unspecified atom stereocenters. The van der Waals surface area contributed by atoms with Crippen LogP contribution in [0.25, 0.3) is 0 Å². The predicted molar refractivity (Wildman–Crippen MR) is 324 cm³/mol. The van der Waals surface area contributed by atoms with Gasteiger partial charge in [0.2, 0.25) is 65.0 Å². The third-order valence-electron chi connectivity index (χ3n) is 14.0. The lowest BCUT2D eigenvalue weighted by Crippen LogP contribution is -2.63. The molecule has 0 aliphatic rings. The number of aromatic hydroxyl groups is 1. The number of aliphatic hydroxyl groups excluding tert-OH is 3. The summed E-state index contributed by atoms with van der Waals surface area (Å²) in [6, 6.07) is -3.95. The third-order valence-corrected chi connectivity index (χ3v) is 14.7. The molecule has 13 atom stereocenters. The minimum absolute atomic E-state index is 0.0794. The molecule has 0 bridgehead atoms. The zero-order valence-electron chi connectivity index (χ0n) is 50.7. The Balaban J connectivity index is 2.58. The largest absolute Gasteiger partial charge is 0.508 e. The lowest BCUT2D eigenvalue weighted by atomic mass is 9.97. The van der Waals surface area contributed by atoms with Gasteiger partial charge in [0, 0.05) is 19.3 Å². The first kappa shape index (κ1) is 77.6. The number of aliphatic hydroxyl groups is 3. The van der Waals surface area contributed by atoms with Crippen LogP contribution in [0.4, 0.5) is 0 Å². The molecule has 22 N–H and O–H groups in total. The van der Waals surface area contributed by atoms with Gasteiger partial charge in [-0.3, -0.25) is 62.3 Å². The molecule has 500 valence electrons. The van der Waals surface area contributed by atoms with Crippen LogP contribution in [0.2, 0.25) is 0 Å². The van der Waals surface area contributed by atoms with E-state index < -0.39 is 188 Å². The van der Waals surface area contributed by atoms with Crippen molar-refractivity contribution < 1.29 is 93.0 Å². The molecule has 0 saturated carbocycles. The number of carbonyl (C=O) groups is 13. The molecule has 2 rings (SSSR count). The van der Waals surface area contributed by atoms with Crippen molar-refractivity contribution in [1.29, 1.82) is 0 Å². The Hall–Kier alpha value is -8.50. The number of carbonyl (C=O) groups excluding carboxylic acids is 11. The van der Waals surface area contributed by atoms with Crippen molar-refractivity contribution >= 4 is 88.7 Å². The fourth-order valence-electron chi connectivity index (χ4n) is 8.51. The van der Waals surface area contributed by atoms with Gasteiger partial charge < -0.3 is 101 Å². The number of amides is 11.